The van der Waals surface area contributed by atoms with Crippen molar-refractivity contribution in [2.24, 2.45) is 4.99 Å². The molecular weight excluding hydrogens is 384 g/mol. The highest BCUT2D eigenvalue weighted by Crippen LogP contribution is 2.19. The molecule has 0 saturated carbocycles. The Hall–Kier alpha value is -1.86. The Morgan fingerprint density at radius 3 is 2.55 bits per heavy atom. The molecule has 0 radical (unpaired) electrons. The van der Waals surface area contributed by atoms with Crippen molar-refractivity contribution in [1.82, 2.24) is 15.4 Å². The minimum atomic E-state index is -3.37. The molecule has 0 fully saturated rings. The highest BCUT2D eigenvalue weighted by Gasteiger charge is 2.15. The molecular formula is C22H36N4O2S. The second-order valence-electron chi connectivity index (χ2n) is 7.78. The zero-order valence-corrected chi connectivity index (χ0v) is 18.8. The molecule has 6 nitrogen and oxygen atoms in total. The van der Waals surface area contributed by atoms with Crippen LogP contribution >= 0.6 is 0 Å². The van der Waals surface area contributed by atoms with Gasteiger partial charge >= 0.3 is 0 Å². The van der Waals surface area contributed by atoms with Gasteiger partial charge in [-0.2, -0.15) is 0 Å². The normalized spacial score (nSPS) is 15.3. The molecule has 0 atom stereocenters. The van der Waals surface area contributed by atoms with E-state index in [1.165, 1.54) is 31.3 Å². The van der Waals surface area contributed by atoms with Crippen molar-refractivity contribution in [3.05, 3.63) is 47.0 Å². The lowest BCUT2D eigenvalue weighted by molar-refractivity contribution is 0.569. The first-order valence-electron chi connectivity index (χ1n) is 10.7. The number of rotatable bonds is 10. The topological polar surface area (TPSA) is 82.6 Å². The van der Waals surface area contributed by atoms with Crippen molar-refractivity contribution in [1.29, 1.82) is 0 Å². The summed E-state index contributed by atoms with van der Waals surface area (Å²) in [4.78, 5) is 4.68. The quantitative estimate of drug-likeness (QED) is 0.308. The van der Waals surface area contributed by atoms with Gasteiger partial charge in [0.2, 0.25) is 10.0 Å². The van der Waals surface area contributed by atoms with Crippen LogP contribution in [-0.2, 0) is 22.3 Å². The van der Waals surface area contributed by atoms with E-state index in [-0.39, 0.29) is 11.8 Å². The maximum Gasteiger partial charge on any atom is 0.216 e. The summed E-state index contributed by atoms with van der Waals surface area (Å²) in [5.74, 6) is 0.733. The summed E-state index contributed by atoms with van der Waals surface area (Å²) in [5, 5.41) is 6.67. The van der Waals surface area contributed by atoms with Crippen LogP contribution in [0.3, 0.4) is 0 Å². The van der Waals surface area contributed by atoms with Crippen LogP contribution in [0.25, 0.3) is 0 Å². The van der Waals surface area contributed by atoms with Crippen LogP contribution in [0.2, 0.25) is 0 Å². The Balaban J connectivity index is 2.00. The Labute approximate surface area is 176 Å². The fourth-order valence-electron chi connectivity index (χ4n) is 3.44. The SMILES string of the molecule is CCNC(=NCc1ccccc1CS(=O)(=O)NC(C)C)NCCC1=CCCCC1. The van der Waals surface area contributed by atoms with Gasteiger partial charge in [-0.3, -0.25) is 0 Å². The Kier molecular flexibility index (Phi) is 9.67. The summed E-state index contributed by atoms with van der Waals surface area (Å²) in [6.07, 6.45) is 8.43. The molecule has 1 aromatic carbocycles. The van der Waals surface area contributed by atoms with Crippen LogP contribution in [0.5, 0.6) is 0 Å². The van der Waals surface area contributed by atoms with Crippen LogP contribution in [0.15, 0.2) is 40.9 Å². The number of nitrogens with one attached hydrogen (secondary N) is 3. The minimum Gasteiger partial charge on any atom is -0.357 e. The third kappa shape index (κ3) is 9.00. The number of guanidine groups is 1. The lowest BCUT2D eigenvalue weighted by Crippen LogP contribution is -2.38. The van der Waals surface area contributed by atoms with Crippen LogP contribution in [-0.4, -0.2) is 33.5 Å². The molecule has 29 heavy (non-hydrogen) atoms. The van der Waals surface area contributed by atoms with Gasteiger partial charge in [0.05, 0.1) is 12.3 Å². The van der Waals surface area contributed by atoms with Crippen LogP contribution < -0.4 is 15.4 Å². The van der Waals surface area contributed by atoms with Gasteiger partial charge in [0.15, 0.2) is 5.96 Å². The molecule has 162 valence electrons. The van der Waals surface area contributed by atoms with E-state index in [1.807, 2.05) is 45.0 Å². The molecule has 0 amide bonds. The molecule has 1 aliphatic carbocycles. The van der Waals surface area contributed by atoms with Crippen LogP contribution in [0.1, 0.15) is 64.0 Å². The molecule has 7 heteroatoms. The van der Waals surface area contributed by atoms with E-state index in [2.05, 4.69) is 26.4 Å². The van der Waals surface area contributed by atoms with E-state index in [4.69, 9.17) is 0 Å². The predicted octanol–water partition coefficient (Wildman–Crippen LogP) is 3.46. The van der Waals surface area contributed by atoms with Crippen molar-refractivity contribution in [2.75, 3.05) is 13.1 Å². The van der Waals surface area contributed by atoms with Crippen molar-refractivity contribution in [3.63, 3.8) is 0 Å². The molecule has 1 aromatic rings. The maximum absolute atomic E-state index is 12.3. The molecule has 0 unspecified atom stereocenters. The lowest BCUT2D eigenvalue weighted by atomic mass is 9.97. The zero-order chi connectivity index (χ0) is 21.1. The summed E-state index contributed by atoms with van der Waals surface area (Å²) < 4.78 is 27.3. The Morgan fingerprint density at radius 2 is 1.90 bits per heavy atom. The van der Waals surface area contributed by atoms with E-state index >= 15 is 0 Å². The van der Waals surface area contributed by atoms with Crippen molar-refractivity contribution < 1.29 is 8.42 Å². The van der Waals surface area contributed by atoms with Crippen molar-refractivity contribution in [3.8, 4) is 0 Å². The Bertz CT molecular complexity index is 801. The molecule has 0 aliphatic heterocycles. The molecule has 1 aliphatic rings. The third-order valence-electron chi connectivity index (χ3n) is 4.75. The summed E-state index contributed by atoms with van der Waals surface area (Å²) in [6, 6.07) is 7.48. The first kappa shape index (κ1) is 23.4. The monoisotopic (exact) mass is 420 g/mol. The summed E-state index contributed by atoms with van der Waals surface area (Å²) >= 11 is 0. The van der Waals surface area contributed by atoms with Gasteiger partial charge in [0.25, 0.3) is 0 Å². The molecule has 0 heterocycles. The highest BCUT2D eigenvalue weighted by molar-refractivity contribution is 7.88. The van der Waals surface area contributed by atoms with E-state index in [9.17, 15) is 8.42 Å². The highest BCUT2D eigenvalue weighted by atomic mass is 32.2. The minimum absolute atomic E-state index is 0.0327. The van der Waals surface area contributed by atoms with Crippen LogP contribution in [0, 0.1) is 0 Å². The molecule has 3 N–H and O–H groups in total. The van der Waals surface area contributed by atoms with Gasteiger partial charge in [0, 0.05) is 19.1 Å². The second kappa shape index (κ2) is 12.0. The van der Waals surface area contributed by atoms with Gasteiger partial charge < -0.3 is 10.6 Å². The standard InChI is InChI=1S/C22H36N4O2S/c1-4-23-22(24-15-14-19-10-6-5-7-11-19)25-16-20-12-8-9-13-21(20)17-29(27,28)26-18(2)3/h8-10,12-13,18,26H,4-7,11,14-17H2,1-3H3,(H2,23,24,25). The molecule has 0 spiro atoms. The largest absolute Gasteiger partial charge is 0.357 e. The average Bonchev–Trinajstić information content (AvgIpc) is 2.66. The molecule has 0 bridgehead atoms. The summed E-state index contributed by atoms with van der Waals surface area (Å²) in [5.41, 5.74) is 3.24. The second-order valence-corrected chi connectivity index (χ2v) is 9.53. The number of hydrogen-bond donors (Lipinski definition) is 3. The molecule has 0 aromatic heterocycles. The van der Waals surface area contributed by atoms with E-state index in [0.717, 1.165) is 36.6 Å². The third-order valence-corrected chi connectivity index (χ3v) is 6.28. The number of benzene rings is 1. The van der Waals surface area contributed by atoms with Crippen molar-refractivity contribution >= 4 is 16.0 Å². The van der Waals surface area contributed by atoms with Crippen LogP contribution in [0.4, 0.5) is 0 Å². The van der Waals surface area contributed by atoms with Crippen molar-refractivity contribution in [2.45, 2.75) is 71.2 Å². The number of aliphatic imine (C=N–C) groups is 1. The number of allylic oxidation sites excluding steroid dienone is 1. The number of sulfonamides is 1. The maximum atomic E-state index is 12.3. The first-order valence-corrected chi connectivity index (χ1v) is 12.3. The van der Waals surface area contributed by atoms with E-state index in [1.54, 1.807) is 0 Å². The van der Waals surface area contributed by atoms with E-state index < -0.39 is 10.0 Å². The van der Waals surface area contributed by atoms with Gasteiger partial charge in [-0.1, -0.05) is 35.9 Å². The number of hydrogen-bond acceptors (Lipinski definition) is 3. The molecule has 2 rings (SSSR count). The fraction of sp³-hybridized carbons (Fsp3) is 0.591. The van der Waals surface area contributed by atoms with Gasteiger partial charge in [-0.05, 0) is 64.0 Å². The number of nitrogens with zero attached hydrogens (tertiary/aromatic N) is 1. The first-order chi connectivity index (χ1) is 13.9. The molecule has 0 saturated heterocycles. The zero-order valence-electron chi connectivity index (χ0n) is 18.0. The smallest absolute Gasteiger partial charge is 0.216 e. The van der Waals surface area contributed by atoms with E-state index in [0.29, 0.717) is 6.54 Å². The van der Waals surface area contributed by atoms with Gasteiger partial charge in [0.1, 0.15) is 0 Å². The summed E-state index contributed by atoms with van der Waals surface area (Å²) in [7, 11) is -3.37. The lowest BCUT2D eigenvalue weighted by Gasteiger charge is -2.15. The van der Waals surface area contributed by atoms with Gasteiger partial charge in [-0.25, -0.2) is 18.1 Å². The summed E-state index contributed by atoms with van der Waals surface area (Å²) in [6.45, 7) is 7.76. The van der Waals surface area contributed by atoms with Gasteiger partial charge in [-0.15, -0.1) is 0 Å². The Morgan fingerprint density at radius 1 is 1.14 bits per heavy atom. The predicted molar refractivity (Wildman–Crippen MR) is 121 cm³/mol. The average molecular weight is 421 g/mol. The fourth-order valence-corrected chi connectivity index (χ4v) is 4.93.